The van der Waals surface area contributed by atoms with Gasteiger partial charge in [-0.2, -0.15) is 0 Å². The highest BCUT2D eigenvalue weighted by Crippen LogP contribution is 2.44. The molecule has 1 saturated heterocycles. The Labute approximate surface area is 234 Å². The molecule has 6 nitrogen and oxygen atoms in total. The molecule has 2 unspecified atom stereocenters. The second-order valence-electron chi connectivity index (χ2n) is 9.64. The first kappa shape index (κ1) is 26.1. The number of nitrogens with one attached hydrogen (secondary N) is 1. The van der Waals surface area contributed by atoms with Gasteiger partial charge in [0.05, 0.1) is 36.7 Å². The third-order valence-corrected chi connectivity index (χ3v) is 7.31. The summed E-state index contributed by atoms with van der Waals surface area (Å²) >= 11 is 12.3. The van der Waals surface area contributed by atoms with Gasteiger partial charge in [0.1, 0.15) is 11.5 Å². The molecule has 4 aromatic rings. The minimum absolute atomic E-state index is 0.102. The van der Waals surface area contributed by atoms with Gasteiger partial charge in [-0.15, -0.1) is 0 Å². The molecular weight excluding hydrogens is 516 g/mol. The van der Waals surface area contributed by atoms with Crippen LogP contribution in [0.3, 0.4) is 0 Å². The quantitative estimate of drug-likeness (QED) is 0.249. The third kappa shape index (κ3) is 4.84. The maximum Gasteiger partial charge on any atom is 0.174 e. The van der Waals surface area contributed by atoms with Crippen LogP contribution >= 0.6 is 23.8 Å². The Morgan fingerprint density at radius 1 is 1.03 bits per heavy atom. The molecule has 0 bridgehead atoms. The molecule has 5 rings (SSSR count). The van der Waals surface area contributed by atoms with E-state index in [0.29, 0.717) is 10.1 Å². The molecular formula is C30H31ClN4O2S. The monoisotopic (exact) mass is 546 g/mol. The second-order valence-corrected chi connectivity index (χ2v) is 10.5. The Kier molecular flexibility index (Phi) is 7.32. The predicted octanol–water partition coefficient (Wildman–Crippen LogP) is 7.12. The highest BCUT2D eigenvalue weighted by Gasteiger charge is 2.42. The Bertz CT molecular complexity index is 1450. The molecule has 0 saturated carbocycles. The smallest absolute Gasteiger partial charge is 0.174 e. The lowest BCUT2D eigenvalue weighted by Crippen LogP contribution is -2.29. The molecule has 3 heterocycles. The number of anilines is 1. The zero-order valence-electron chi connectivity index (χ0n) is 22.1. The SMILES string of the molecule is COc1ccc(Cl)cc1-n1c(C)cc(C2C(c3ccccn3)NC(=S)N2c2ccc(OC(C)C)cc2)c1C. The van der Waals surface area contributed by atoms with Gasteiger partial charge in [-0.05, 0) is 106 Å². The summed E-state index contributed by atoms with van der Waals surface area (Å²) in [6.07, 6.45) is 1.92. The van der Waals surface area contributed by atoms with Crippen LogP contribution in [0, 0.1) is 13.8 Å². The van der Waals surface area contributed by atoms with Crippen molar-refractivity contribution in [1.29, 1.82) is 0 Å². The third-order valence-electron chi connectivity index (χ3n) is 6.76. The number of benzene rings is 2. The number of rotatable bonds is 7. The predicted molar refractivity (Wildman–Crippen MR) is 157 cm³/mol. The lowest BCUT2D eigenvalue weighted by molar-refractivity contribution is 0.242. The summed E-state index contributed by atoms with van der Waals surface area (Å²) in [5, 5.41) is 4.85. The number of hydrogen-bond acceptors (Lipinski definition) is 4. The van der Waals surface area contributed by atoms with Crippen molar-refractivity contribution in [2.24, 2.45) is 0 Å². The van der Waals surface area contributed by atoms with Gasteiger partial charge in [0.2, 0.25) is 0 Å². The van der Waals surface area contributed by atoms with Crippen LogP contribution in [0.4, 0.5) is 5.69 Å². The standard InChI is InChI=1S/C30H31ClN4O2S/c1-18(2)37-23-12-10-22(11-13-23)35-29(28(33-30(35)38)25-8-6-7-15-32-25)24-16-19(3)34(20(24)4)26-17-21(31)9-14-27(26)36-5/h6-18,28-29H,1-5H3,(H,33,38). The molecule has 1 N–H and O–H groups in total. The number of ether oxygens (including phenoxy) is 2. The molecule has 2 aromatic carbocycles. The first-order chi connectivity index (χ1) is 18.3. The molecule has 196 valence electrons. The van der Waals surface area contributed by atoms with Crippen molar-refractivity contribution in [1.82, 2.24) is 14.9 Å². The van der Waals surface area contributed by atoms with Gasteiger partial charge < -0.3 is 24.3 Å². The number of halogens is 1. The highest BCUT2D eigenvalue weighted by atomic mass is 35.5. The van der Waals surface area contributed by atoms with E-state index < -0.39 is 0 Å². The normalized spacial score (nSPS) is 17.1. The van der Waals surface area contributed by atoms with Crippen LogP contribution in [-0.2, 0) is 0 Å². The zero-order chi connectivity index (χ0) is 27.0. The van der Waals surface area contributed by atoms with E-state index in [1.807, 2.05) is 68.6 Å². The first-order valence-corrected chi connectivity index (χ1v) is 13.4. The van der Waals surface area contributed by atoms with Crippen LogP contribution in [0.1, 0.15) is 48.6 Å². The molecule has 2 atom stereocenters. The van der Waals surface area contributed by atoms with Gasteiger partial charge in [0, 0.05) is 28.3 Å². The fourth-order valence-electron chi connectivity index (χ4n) is 5.20. The molecule has 0 spiro atoms. The number of pyridine rings is 1. The summed E-state index contributed by atoms with van der Waals surface area (Å²) < 4.78 is 13.8. The van der Waals surface area contributed by atoms with Crippen LogP contribution in [0.25, 0.3) is 5.69 Å². The average Bonchev–Trinajstić information content (AvgIpc) is 3.39. The van der Waals surface area contributed by atoms with Crippen molar-refractivity contribution < 1.29 is 9.47 Å². The first-order valence-electron chi connectivity index (χ1n) is 12.6. The molecule has 1 fully saturated rings. The average molecular weight is 547 g/mol. The zero-order valence-corrected chi connectivity index (χ0v) is 23.7. The minimum Gasteiger partial charge on any atom is -0.495 e. The fourth-order valence-corrected chi connectivity index (χ4v) is 5.71. The largest absolute Gasteiger partial charge is 0.495 e. The van der Waals surface area contributed by atoms with Gasteiger partial charge in [-0.1, -0.05) is 17.7 Å². The molecule has 38 heavy (non-hydrogen) atoms. The molecule has 8 heteroatoms. The van der Waals surface area contributed by atoms with E-state index in [9.17, 15) is 0 Å². The van der Waals surface area contributed by atoms with E-state index in [0.717, 1.165) is 45.5 Å². The molecule has 0 aliphatic carbocycles. The fraction of sp³-hybridized carbons (Fsp3) is 0.267. The van der Waals surface area contributed by atoms with Gasteiger partial charge in [0.25, 0.3) is 0 Å². The summed E-state index contributed by atoms with van der Waals surface area (Å²) in [7, 11) is 1.67. The van der Waals surface area contributed by atoms with E-state index in [-0.39, 0.29) is 18.2 Å². The Hall–Kier alpha value is -3.55. The topological polar surface area (TPSA) is 51.5 Å². The van der Waals surface area contributed by atoms with Crippen molar-refractivity contribution in [3.05, 3.63) is 101 Å². The van der Waals surface area contributed by atoms with Crippen LogP contribution < -0.4 is 19.7 Å². The van der Waals surface area contributed by atoms with Crippen LogP contribution in [-0.4, -0.2) is 27.9 Å². The van der Waals surface area contributed by atoms with E-state index >= 15 is 0 Å². The van der Waals surface area contributed by atoms with E-state index in [1.54, 1.807) is 7.11 Å². The maximum atomic E-state index is 6.41. The second kappa shape index (κ2) is 10.7. The summed E-state index contributed by atoms with van der Waals surface area (Å²) in [6, 6.07) is 21.7. The number of aromatic nitrogens is 2. The van der Waals surface area contributed by atoms with Crippen molar-refractivity contribution in [2.75, 3.05) is 12.0 Å². The minimum atomic E-state index is -0.148. The van der Waals surface area contributed by atoms with Crippen molar-refractivity contribution in [3.8, 4) is 17.2 Å². The van der Waals surface area contributed by atoms with Crippen LogP contribution in [0.2, 0.25) is 5.02 Å². The summed E-state index contributed by atoms with van der Waals surface area (Å²) in [6.45, 7) is 8.25. The van der Waals surface area contributed by atoms with E-state index in [1.165, 1.54) is 0 Å². The lowest BCUT2D eigenvalue weighted by Gasteiger charge is -2.28. The van der Waals surface area contributed by atoms with Crippen LogP contribution in [0.15, 0.2) is 72.9 Å². The summed E-state index contributed by atoms with van der Waals surface area (Å²) in [5.74, 6) is 1.58. The molecule has 1 aliphatic heterocycles. The van der Waals surface area contributed by atoms with Gasteiger partial charge >= 0.3 is 0 Å². The highest BCUT2D eigenvalue weighted by molar-refractivity contribution is 7.80. The molecule has 0 radical (unpaired) electrons. The van der Waals surface area contributed by atoms with Crippen molar-refractivity contribution >= 4 is 34.6 Å². The van der Waals surface area contributed by atoms with Gasteiger partial charge in [0.15, 0.2) is 5.11 Å². The molecule has 1 aliphatic rings. The maximum absolute atomic E-state index is 6.41. The number of methoxy groups -OCH3 is 1. The van der Waals surface area contributed by atoms with Crippen molar-refractivity contribution in [2.45, 2.75) is 45.9 Å². The van der Waals surface area contributed by atoms with Gasteiger partial charge in [-0.3, -0.25) is 4.98 Å². The molecule has 2 aromatic heterocycles. The Morgan fingerprint density at radius 3 is 2.45 bits per heavy atom. The Balaban J connectivity index is 1.65. The number of hydrogen-bond donors (Lipinski definition) is 1. The van der Waals surface area contributed by atoms with Crippen molar-refractivity contribution in [3.63, 3.8) is 0 Å². The van der Waals surface area contributed by atoms with Crippen LogP contribution in [0.5, 0.6) is 11.5 Å². The number of thiocarbonyl (C=S) groups is 1. The molecule has 0 amide bonds. The number of aryl methyl sites for hydroxylation is 1. The van der Waals surface area contributed by atoms with E-state index in [4.69, 9.17) is 33.3 Å². The number of nitrogens with zero attached hydrogens (tertiary/aromatic N) is 3. The van der Waals surface area contributed by atoms with Gasteiger partial charge in [-0.25, -0.2) is 0 Å². The Morgan fingerprint density at radius 2 is 1.79 bits per heavy atom. The van der Waals surface area contributed by atoms with E-state index in [2.05, 4.69) is 51.8 Å². The summed E-state index contributed by atoms with van der Waals surface area (Å²) in [4.78, 5) is 6.86. The lowest BCUT2D eigenvalue weighted by atomic mass is 9.96. The summed E-state index contributed by atoms with van der Waals surface area (Å²) in [5.41, 5.74) is 6.07.